The predicted octanol–water partition coefficient (Wildman–Crippen LogP) is 3.87. The summed E-state index contributed by atoms with van der Waals surface area (Å²) in [7, 11) is 0. The Hall–Kier alpha value is -3.35. The number of amides is 2. The van der Waals surface area contributed by atoms with Crippen LogP contribution >= 0.6 is 0 Å². The van der Waals surface area contributed by atoms with Crippen molar-refractivity contribution >= 4 is 18.0 Å². The summed E-state index contributed by atoms with van der Waals surface area (Å²) in [5.41, 5.74) is 4.67. The number of hydrogen-bond acceptors (Lipinski definition) is 4. The molecule has 7 nitrogen and oxygen atoms in total. The summed E-state index contributed by atoms with van der Waals surface area (Å²) in [6, 6.07) is 16.4. The Morgan fingerprint density at radius 3 is 2.27 bits per heavy atom. The number of carbonyl (C=O) groups excluding carboxylic acids is 2. The SMILES string of the molecule is CCN(CC(=O)O)C(=O)[C@H]1CCC[C@H]1CNC(=O)OCC1c2ccccc2-c2ccccc21. The molecule has 2 aromatic carbocycles. The molecule has 2 amide bonds. The molecule has 0 aliphatic heterocycles. The summed E-state index contributed by atoms with van der Waals surface area (Å²) in [5, 5.41) is 11.9. The summed E-state index contributed by atoms with van der Waals surface area (Å²) in [6.07, 6.45) is 1.93. The molecule has 0 saturated heterocycles. The van der Waals surface area contributed by atoms with Crippen molar-refractivity contribution in [2.75, 3.05) is 26.2 Å². The van der Waals surface area contributed by atoms with Gasteiger partial charge < -0.3 is 20.1 Å². The Kier molecular flexibility index (Phi) is 6.96. The van der Waals surface area contributed by atoms with E-state index in [1.54, 1.807) is 6.92 Å². The van der Waals surface area contributed by atoms with Crippen LogP contribution in [0, 0.1) is 11.8 Å². The smallest absolute Gasteiger partial charge is 0.407 e. The molecule has 2 atom stereocenters. The number of nitrogens with zero attached hydrogens (tertiary/aromatic N) is 1. The van der Waals surface area contributed by atoms with Gasteiger partial charge in [0.2, 0.25) is 5.91 Å². The number of fused-ring (bicyclic) bond motifs is 3. The Balaban J connectivity index is 1.33. The van der Waals surface area contributed by atoms with Gasteiger partial charge >= 0.3 is 12.1 Å². The standard InChI is InChI=1S/C26H30N2O5/c1-2-28(15-24(29)30)25(31)18-13-7-8-17(18)14-27-26(32)33-16-23-21-11-5-3-9-19(21)20-10-4-6-12-22(20)23/h3-6,9-12,17-18,23H,2,7-8,13-16H2,1H3,(H,27,32)(H,29,30)/t17-,18-/m0/s1. The van der Waals surface area contributed by atoms with Gasteiger partial charge in [0.1, 0.15) is 13.2 Å². The van der Waals surface area contributed by atoms with Crippen molar-refractivity contribution in [1.29, 1.82) is 0 Å². The minimum Gasteiger partial charge on any atom is -0.480 e. The number of hydrogen-bond donors (Lipinski definition) is 2. The number of alkyl carbamates (subject to hydrolysis) is 1. The first-order valence-electron chi connectivity index (χ1n) is 11.6. The van der Waals surface area contributed by atoms with Gasteiger partial charge in [0.15, 0.2) is 0 Å². The number of carbonyl (C=O) groups is 3. The van der Waals surface area contributed by atoms with Gasteiger partial charge in [-0.1, -0.05) is 55.0 Å². The molecule has 0 spiro atoms. The molecular weight excluding hydrogens is 420 g/mol. The van der Waals surface area contributed by atoms with Gasteiger partial charge in [0.05, 0.1) is 0 Å². The molecule has 1 saturated carbocycles. The largest absolute Gasteiger partial charge is 0.480 e. The second kappa shape index (κ2) is 10.1. The summed E-state index contributed by atoms with van der Waals surface area (Å²) in [6.45, 7) is 2.43. The normalized spacial score (nSPS) is 18.9. The maximum absolute atomic E-state index is 12.8. The Labute approximate surface area is 193 Å². The number of carboxylic acid groups (broad SMARTS) is 1. The zero-order chi connectivity index (χ0) is 23.4. The first kappa shape index (κ1) is 22.8. The highest BCUT2D eigenvalue weighted by molar-refractivity contribution is 5.83. The van der Waals surface area contributed by atoms with Crippen molar-refractivity contribution in [2.45, 2.75) is 32.1 Å². The molecule has 0 aromatic heterocycles. The third kappa shape index (κ3) is 4.87. The number of aliphatic carboxylic acids is 1. The van der Waals surface area contributed by atoms with Crippen LogP contribution in [0.1, 0.15) is 43.2 Å². The molecule has 2 aromatic rings. The fourth-order valence-corrected chi connectivity index (χ4v) is 5.21. The summed E-state index contributed by atoms with van der Waals surface area (Å²) in [4.78, 5) is 37.7. The van der Waals surface area contributed by atoms with E-state index in [2.05, 4.69) is 29.6 Å². The zero-order valence-corrected chi connectivity index (χ0v) is 18.8. The Bertz CT molecular complexity index is 991. The minimum atomic E-state index is -1.02. The zero-order valence-electron chi connectivity index (χ0n) is 18.8. The predicted molar refractivity (Wildman–Crippen MR) is 124 cm³/mol. The molecular formula is C26H30N2O5. The van der Waals surface area contributed by atoms with Gasteiger partial charge in [-0.05, 0) is 47.9 Å². The maximum Gasteiger partial charge on any atom is 0.407 e. The van der Waals surface area contributed by atoms with Crippen LogP contribution in [0.25, 0.3) is 11.1 Å². The third-order valence-corrected chi connectivity index (χ3v) is 6.85. The number of likely N-dealkylation sites (N-methyl/N-ethyl adjacent to an activating group) is 1. The molecule has 174 valence electrons. The third-order valence-electron chi connectivity index (χ3n) is 6.85. The topological polar surface area (TPSA) is 95.9 Å². The van der Waals surface area contributed by atoms with Crippen LogP contribution in [-0.2, 0) is 14.3 Å². The van der Waals surface area contributed by atoms with E-state index in [1.165, 1.54) is 16.0 Å². The number of rotatable bonds is 8. The van der Waals surface area contributed by atoms with Crippen LogP contribution in [0.3, 0.4) is 0 Å². The lowest BCUT2D eigenvalue weighted by atomic mass is 9.94. The lowest BCUT2D eigenvalue weighted by molar-refractivity contribution is -0.146. The van der Waals surface area contributed by atoms with Gasteiger partial charge in [0.25, 0.3) is 0 Å². The highest BCUT2D eigenvalue weighted by Crippen LogP contribution is 2.44. The van der Waals surface area contributed by atoms with E-state index in [4.69, 9.17) is 9.84 Å². The van der Waals surface area contributed by atoms with Gasteiger partial charge in [0, 0.05) is 24.9 Å². The number of nitrogens with one attached hydrogen (secondary N) is 1. The lowest BCUT2D eigenvalue weighted by Crippen LogP contribution is -2.42. The minimum absolute atomic E-state index is 0.00177. The molecule has 33 heavy (non-hydrogen) atoms. The van der Waals surface area contributed by atoms with E-state index in [0.29, 0.717) is 19.5 Å². The average Bonchev–Trinajstić information content (AvgIpc) is 3.42. The van der Waals surface area contributed by atoms with Gasteiger partial charge in [-0.3, -0.25) is 9.59 Å². The van der Waals surface area contributed by atoms with Crippen molar-refractivity contribution < 1.29 is 24.2 Å². The van der Waals surface area contributed by atoms with Gasteiger partial charge in [-0.15, -0.1) is 0 Å². The monoisotopic (exact) mass is 450 g/mol. The molecule has 0 heterocycles. The fourth-order valence-electron chi connectivity index (χ4n) is 5.21. The molecule has 1 fully saturated rings. The summed E-state index contributed by atoms with van der Waals surface area (Å²) >= 11 is 0. The van der Waals surface area contributed by atoms with Crippen LogP contribution in [0.15, 0.2) is 48.5 Å². The molecule has 0 unspecified atom stereocenters. The molecule has 0 radical (unpaired) electrons. The molecule has 2 N–H and O–H groups in total. The number of carboxylic acids is 1. The highest BCUT2D eigenvalue weighted by atomic mass is 16.5. The molecule has 2 aliphatic carbocycles. The first-order chi connectivity index (χ1) is 16.0. The van der Waals surface area contributed by atoms with E-state index >= 15 is 0 Å². The Morgan fingerprint density at radius 2 is 1.67 bits per heavy atom. The Morgan fingerprint density at radius 1 is 1.03 bits per heavy atom. The average molecular weight is 451 g/mol. The highest BCUT2D eigenvalue weighted by Gasteiger charge is 2.36. The second-order valence-corrected chi connectivity index (χ2v) is 8.75. The van der Waals surface area contributed by atoms with Crippen molar-refractivity contribution in [3.05, 3.63) is 59.7 Å². The van der Waals surface area contributed by atoms with Gasteiger partial charge in [-0.2, -0.15) is 0 Å². The molecule has 0 bridgehead atoms. The van der Waals surface area contributed by atoms with E-state index in [1.807, 2.05) is 24.3 Å². The quantitative estimate of drug-likeness (QED) is 0.636. The van der Waals surface area contributed by atoms with Gasteiger partial charge in [-0.25, -0.2) is 4.79 Å². The number of benzene rings is 2. The van der Waals surface area contributed by atoms with E-state index in [-0.39, 0.29) is 36.8 Å². The van der Waals surface area contributed by atoms with Crippen molar-refractivity contribution in [3.8, 4) is 11.1 Å². The van der Waals surface area contributed by atoms with Crippen molar-refractivity contribution in [2.24, 2.45) is 11.8 Å². The van der Waals surface area contributed by atoms with E-state index in [9.17, 15) is 14.4 Å². The fraction of sp³-hybridized carbons (Fsp3) is 0.423. The maximum atomic E-state index is 12.8. The van der Waals surface area contributed by atoms with E-state index in [0.717, 1.165) is 24.0 Å². The van der Waals surface area contributed by atoms with Crippen LogP contribution in [0.4, 0.5) is 4.79 Å². The molecule has 2 aliphatic rings. The molecule has 4 rings (SSSR count). The summed E-state index contributed by atoms with van der Waals surface area (Å²) in [5.74, 6) is -1.44. The van der Waals surface area contributed by atoms with Crippen LogP contribution in [-0.4, -0.2) is 54.2 Å². The first-order valence-corrected chi connectivity index (χ1v) is 11.6. The number of ether oxygens (including phenoxy) is 1. The van der Waals surface area contributed by atoms with E-state index < -0.39 is 12.1 Å². The van der Waals surface area contributed by atoms with Crippen LogP contribution in [0.2, 0.25) is 0 Å². The van der Waals surface area contributed by atoms with Crippen LogP contribution in [0.5, 0.6) is 0 Å². The van der Waals surface area contributed by atoms with Crippen LogP contribution < -0.4 is 5.32 Å². The lowest BCUT2D eigenvalue weighted by Gasteiger charge is -2.26. The van der Waals surface area contributed by atoms with Crippen molar-refractivity contribution in [1.82, 2.24) is 10.2 Å². The summed E-state index contributed by atoms with van der Waals surface area (Å²) < 4.78 is 5.59. The van der Waals surface area contributed by atoms with Crippen molar-refractivity contribution in [3.63, 3.8) is 0 Å². The second-order valence-electron chi connectivity index (χ2n) is 8.75. The molecule has 7 heteroatoms.